The Kier molecular flexibility index (Phi) is 6.02. The number of nitrogens with zero attached hydrogens (tertiary/aromatic N) is 1. The Morgan fingerprint density at radius 3 is 2.89 bits per heavy atom. The molecule has 0 fully saturated rings. The van der Waals surface area contributed by atoms with Crippen LogP contribution < -0.4 is 5.32 Å². The number of aliphatic imine (C=N–C) groups is 1. The molecule has 1 N–H and O–H groups in total. The quantitative estimate of drug-likeness (QED) is 0.391. The van der Waals surface area contributed by atoms with E-state index in [0.29, 0.717) is 6.54 Å². The topological polar surface area (TPSA) is 50.7 Å². The molecule has 4 nitrogen and oxygen atoms in total. The van der Waals surface area contributed by atoms with Crippen molar-refractivity contribution in [3.8, 4) is 0 Å². The number of benzene rings is 1. The SMILES string of the molecule is C/C=C(/OC)C(=O)NC=NCc1ccc(F)c(Cl)c1. The Labute approximate surface area is 115 Å². The first-order valence-electron chi connectivity index (χ1n) is 5.52. The molecule has 102 valence electrons. The maximum Gasteiger partial charge on any atom is 0.291 e. The van der Waals surface area contributed by atoms with Gasteiger partial charge < -0.3 is 10.1 Å². The van der Waals surface area contributed by atoms with Gasteiger partial charge in [0.15, 0.2) is 5.76 Å². The number of hydrogen-bond acceptors (Lipinski definition) is 3. The fourth-order valence-electron chi connectivity index (χ4n) is 1.31. The monoisotopic (exact) mass is 284 g/mol. The van der Waals surface area contributed by atoms with Crippen molar-refractivity contribution in [1.29, 1.82) is 0 Å². The van der Waals surface area contributed by atoms with E-state index in [1.807, 2.05) is 0 Å². The standard InChI is InChI=1S/C13H14ClFN2O2/c1-3-12(19-2)13(18)17-8-16-7-9-4-5-11(15)10(14)6-9/h3-6,8H,7H2,1-2H3,(H,16,17,18)/b12-3+. The Hall–Kier alpha value is -1.88. The molecule has 0 bridgehead atoms. The zero-order valence-electron chi connectivity index (χ0n) is 10.6. The van der Waals surface area contributed by atoms with Crippen molar-refractivity contribution in [2.75, 3.05) is 7.11 Å². The summed E-state index contributed by atoms with van der Waals surface area (Å²) in [5.74, 6) is -0.650. The summed E-state index contributed by atoms with van der Waals surface area (Å²) in [6.07, 6.45) is 2.81. The van der Waals surface area contributed by atoms with Crippen molar-refractivity contribution in [3.05, 3.63) is 46.4 Å². The molecular weight excluding hydrogens is 271 g/mol. The maximum absolute atomic E-state index is 12.9. The number of carbonyl (C=O) groups excluding carboxylic acids is 1. The van der Waals surface area contributed by atoms with Gasteiger partial charge in [-0.05, 0) is 30.7 Å². The van der Waals surface area contributed by atoms with Gasteiger partial charge in [-0.15, -0.1) is 0 Å². The van der Waals surface area contributed by atoms with Gasteiger partial charge in [0.2, 0.25) is 0 Å². The van der Waals surface area contributed by atoms with Gasteiger partial charge in [-0.1, -0.05) is 17.7 Å². The van der Waals surface area contributed by atoms with E-state index >= 15 is 0 Å². The molecule has 1 rings (SSSR count). The predicted octanol–water partition coefficient (Wildman–Crippen LogP) is 2.67. The number of methoxy groups -OCH3 is 1. The van der Waals surface area contributed by atoms with Crippen LogP contribution in [0.2, 0.25) is 5.02 Å². The molecule has 0 aromatic heterocycles. The third-order valence-corrected chi connectivity index (χ3v) is 2.54. The van der Waals surface area contributed by atoms with Crippen molar-refractivity contribution in [1.82, 2.24) is 5.32 Å². The Balaban J connectivity index is 2.50. The van der Waals surface area contributed by atoms with Crippen LogP contribution in [0.1, 0.15) is 12.5 Å². The first-order chi connectivity index (χ1) is 9.08. The van der Waals surface area contributed by atoms with Crippen molar-refractivity contribution in [3.63, 3.8) is 0 Å². The highest BCUT2D eigenvalue weighted by Crippen LogP contribution is 2.16. The lowest BCUT2D eigenvalue weighted by molar-refractivity contribution is -0.118. The van der Waals surface area contributed by atoms with E-state index in [1.165, 1.54) is 25.6 Å². The molecule has 0 spiro atoms. The number of halogens is 2. The van der Waals surface area contributed by atoms with E-state index in [0.717, 1.165) is 5.56 Å². The Morgan fingerprint density at radius 1 is 1.58 bits per heavy atom. The summed E-state index contributed by atoms with van der Waals surface area (Å²) < 4.78 is 17.7. The van der Waals surface area contributed by atoms with Crippen LogP contribution in [0.4, 0.5) is 4.39 Å². The largest absolute Gasteiger partial charge is 0.491 e. The van der Waals surface area contributed by atoms with Gasteiger partial charge in [-0.2, -0.15) is 0 Å². The molecule has 0 heterocycles. The van der Waals surface area contributed by atoms with Gasteiger partial charge in [-0.25, -0.2) is 4.39 Å². The highest BCUT2D eigenvalue weighted by molar-refractivity contribution is 6.30. The van der Waals surface area contributed by atoms with Crippen molar-refractivity contribution in [2.24, 2.45) is 4.99 Å². The summed E-state index contributed by atoms with van der Waals surface area (Å²) in [5.41, 5.74) is 0.745. The average Bonchev–Trinajstić information content (AvgIpc) is 2.40. The van der Waals surface area contributed by atoms with Crippen LogP contribution in [-0.4, -0.2) is 19.4 Å². The van der Waals surface area contributed by atoms with Crippen LogP contribution in [0, 0.1) is 5.82 Å². The van der Waals surface area contributed by atoms with Crippen molar-refractivity contribution < 1.29 is 13.9 Å². The molecule has 0 aliphatic carbocycles. The van der Waals surface area contributed by atoms with Crippen molar-refractivity contribution >= 4 is 23.8 Å². The van der Waals surface area contributed by atoms with Crippen LogP contribution in [0.5, 0.6) is 0 Å². The summed E-state index contributed by atoms with van der Waals surface area (Å²) in [6.45, 7) is 1.98. The zero-order valence-corrected chi connectivity index (χ0v) is 11.4. The zero-order chi connectivity index (χ0) is 14.3. The first kappa shape index (κ1) is 15.2. The third kappa shape index (κ3) is 4.71. The fraction of sp³-hybridized carbons (Fsp3) is 0.231. The summed E-state index contributed by atoms with van der Waals surface area (Å²) in [5, 5.41) is 2.50. The molecule has 0 aliphatic heterocycles. The minimum absolute atomic E-state index is 0.0484. The number of rotatable bonds is 5. The fourth-order valence-corrected chi connectivity index (χ4v) is 1.51. The van der Waals surface area contributed by atoms with E-state index in [4.69, 9.17) is 16.3 Å². The molecule has 0 atom stereocenters. The number of hydrogen-bond donors (Lipinski definition) is 1. The highest BCUT2D eigenvalue weighted by Gasteiger charge is 2.05. The lowest BCUT2D eigenvalue weighted by Gasteiger charge is -2.03. The second-order valence-electron chi connectivity index (χ2n) is 3.55. The van der Waals surface area contributed by atoms with E-state index < -0.39 is 5.82 Å². The first-order valence-corrected chi connectivity index (χ1v) is 5.89. The Morgan fingerprint density at radius 2 is 2.32 bits per heavy atom. The predicted molar refractivity (Wildman–Crippen MR) is 72.5 cm³/mol. The molecule has 1 amide bonds. The van der Waals surface area contributed by atoms with Crippen LogP contribution >= 0.6 is 11.6 Å². The molecule has 1 aromatic carbocycles. The maximum atomic E-state index is 12.9. The lowest BCUT2D eigenvalue weighted by Crippen LogP contribution is -2.24. The van der Waals surface area contributed by atoms with Gasteiger partial charge in [0.25, 0.3) is 5.91 Å². The average molecular weight is 285 g/mol. The third-order valence-electron chi connectivity index (χ3n) is 2.25. The van der Waals surface area contributed by atoms with Crippen molar-refractivity contribution in [2.45, 2.75) is 13.5 Å². The smallest absolute Gasteiger partial charge is 0.291 e. The van der Waals surface area contributed by atoms with Crippen LogP contribution in [-0.2, 0) is 16.1 Å². The van der Waals surface area contributed by atoms with Gasteiger partial charge in [0, 0.05) is 0 Å². The van der Waals surface area contributed by atoms with E-state index in [1.54, 1.807) is 19.1 Å². The second kappa shape index (κ2) is 7.53. The normalized spacial score (nSPS) is 11.7. The van der Waals surface area contributed by atoms with Crippen LogP contribution in [0.15, 0.2) is 35.0 Å². The number of amides is 1. The molecule has 0 saturated carbocycles. The molecule has 6 heteroatoms. The Bertz CT molecular complexity index is 515. The number of allylic oxidation sites excluding steroid dienone is 1. The molecule has 0 aliphatic rings. The minimum atomic E-state index is -0.472. The van der Waals surface area contributed by atoms with Crippen LogP contribution in [0.25, 0.3) is 0 Å². The molecule has 1 aromatic rings. The second-order valence-corrected chi connectivity index (χ2v) is 3.96. The molecule has 0 radical (unpaired) electrons. The minimum Gasteiger partial charge on any atom is -0.491 e. The number of carbonyl (C=O) groups is 1. The lowest BCUT2D eigenvalue weighted by atomic mass is 10.2. The summed E-state index contributed by atoms with van der Waals surface area (Å²) in [7, 11) is 1.41. The van der Waals surface area contributed by atoms with E-state index in [2.05, 4.69) is 10.3 Å². The molecule has 0 saturated heterocycles. The van der Waals surface area contributed by atoms with Gasteiger partial charge in [0.05, 0.1) is 25.0 Å². The highest BCUT2D eigenvalue weighted by atomic mass is 35.5. The van der Waals surface area contributed by atoms with E-state index in [-0.39, 0.29) is 16.7 Å². The molecule has 19 heavy (non-hydrogen) atoms. The summed E-state index contributed by atoms with van der Waals surface area (Å²) >= 11 is 5.64. The van der Waals surface area contributed by atoms with E-state index in [9.17, 15) is 9.18 Å². The summed E-state index contributed by atoms with van der Waals surface area (Å²) in [6, 6.07) is 4.34. The number of nitrogens with one attached hydrogen (secondary N) is 1. The summed E-state index contributed by atoms with van der Waals surface area (Å²) in [4.78, 5) is 15.4. The molecular formula is C13H14ClFN2O2. The van der Waals surface area contributed by atoms with Crippen LogP contribution in [0.3, 0.4) is 0 Å². The molecule has 0 unspecified atom stereocenters. The van der Waals surface area contributed by atoms with Gasteiger partial charge >= 0.3 is 0 Å². The number of ether oxygens (including phenoxy) is 1. The van der Waals surface area contributed by atoms with Gasteiger partial charge in [0.1, 0.15) is 5.82 Å². The van der Waals surface area contributed by atoms with Gasteiger partial charge in [-0.3, -0.25) is 9.79 Å².